The molecule has 0 atom stereocenters. The maximum absolute atomic E-state index is 12.8. The third-order valence-electron chi connectivity index (χ3n) is 4.45. The van der Waals surface area contributed by atoms with Crippen LogP contribution in [0.5, 0.6) is 11.8 Å². The molecule has 4 heterocycles. The second-order valence-corrected chi connectivity index (χ2v) is 8.93. The van der Waals surface area contributed by atoms with E-state index in [-0.39, 0.29) is 11.0 Å². The number of hydrogen-bond acceptors (Lipinski definition) is 8. The van der Waals surface area contributed by atoms with E-state index >= 15 is 0 Å². The van der Waals surface area contributed by atoms with Crippen LogP contribution in [0.4, 0.5) is 0 Å². The van der Waals surface area contributed by atoms with Crippen LogP contribution in [0, 0.1) is 0 Å². The van der Waals surface area contributed by atoms with Crippen LogP contribution in [0.2, 0.25) is 0 Å². The van der Waals surface area contributed by atoms with Gasteiger partial charge in [-0.3, -0.25) is 0 Å². The molecule has 0 spiro atoms. The number of thiophene rings is 1. The average molecular weight is 406 g/mol. The molecule has 8 nitrogen and oxygen atoms in total. The van der Waals surface area contributed by atoms with Crippen LogP contribution in [0.25, 0.3) is 10.2 Å². The summed E-state index contributed by atoms with van der Waals surface area (Å²) in [5, 5.41) is 1.95. The molecule has 1 aliphatic rings. The van der Waals surface area contributed by atoms with Gasteiger partial charge in [0.25, 0.3) is 0 Å². The molecule has 0 N–H and O–H groups in total. The largest absolute Gasteiger partial charge is 0.481 e. The maximum atomic E-state index is 12.8. The lowest BCUT2D eigenvalue weighted by atomic mass is 10.1. The molecule has 0 unspecified atom stereocenters. The summed E-state index contributed by atoms with van der Waals surface area (Å²) in [4.78, 5) is 12.6. The lowest BCUT2D eigenvalue weighted by Gasteiger charge is -2.31. The van der Waals surface area contributed by atoms with Crippen molar-refractivity contribution >= 4 is 31.6 Å². The van der Waals surface area contributed by atoms with Crippen LogP contribution in [-0.4, -0.2) is 54.0 Å². The highest BCUT2D eigenvalue weighted by Crippen LogP contribution is 2.29. The van der Waals surface area contributed by atoms with Crippen molar-refractivity contribution in [2.24, 2.45) is 0 Å². The van der Waals surface area contributed by atoms with Crippen molar-refractivity contribution in [1.82, 2.24) is 19.3 Å². The van der Waals surface area contributed by atoms with Crippen molar-refractivity contribution in [3.05, 3.63) is 36.1 Å². The Labute approximate surface area is 160 Å². The van der Waals surface area contributed by atoms with Gasteiger partial charge in [0, 0.05) is 19.2 Å². The number of sulfonamides is 1. The quantitative estimate of drug-likeness (QED) is 0.642. The highest BCUT2D eigenvalue weighted by Gasteiger charge is 2.31. The predicted molar refractivity (Wildman–Crippen MR) is 101 cm³/mol. The van der Waals surface area contributed by atoms with E-state index in [1.54, 1.807) is 6.07 Å². The molecule has 0 radical (unpaired) electrons. The third-order valence-corrected chi connectivity index (χ3v) is 7.22. The van der Waals surface area contributed by atoms with Gasteiger partial charge >= 0.3 is 0 Å². The first-order chi connectivity index (χ1) is 13.1. The fourth-order valence-corrected chi connectivity index (χ4v) is 5.18. The summed E-state index contributed by atoms with van der Waals surface area (Å²) in [6.45, 7) is 0.773. The lowest BCUT2D eigenvalue weighted by Crippen LogP contribution is -2.41. The van der Waals surface area contributed by atoms with Crippen molar-refractivity contribution < 1.29 is 17.9 Å². The van der Waals surface area contributed by atoms with Crippen LogP contribution < -0.4 is 9.47 Å². The van der Waals surface area contributed by atoms with Gasteiger partial charge in [-0.15, -0.1) is 11.3 Å². The van der Waals surface area contributed by atoms with Crippen molar-refractivity contribution in [2.75, 3.05) is 20.2 Å². The molecule has 1 aliphatic heterocycles. The average Bonchev–Trinajstić information content (AvgIpc) is 3.18. The minimum Gasteiger partial charge on any atom is -0.481 e. The standard InChI is InChI=1S/C17H18N4O4S2/c1-24-15-3-2-13(10-18-15)27(22,23)21-7-4-12(5-8-21)25-17-16-14(6-9-26-16)19-11-20-17/h2-3,6,9-12H,4-5,7-8H2,1H3. The van der Waals surface area contributed by atoms with E-state index in [4.69, 9.17) is 9.47 Å². The first kappa shape index (κ1) is 18.1. The van der Waals surface area contributed by atoms with E-state index in [1.807, 2.05) is 11.4 Å². The SMILES string of the molecule is COc1ccc(S(=O)(=O)N2CCC(Oc3ncnc4ccsc34)CC2)cn1. The Balaban J connectivity index is 1.43. The molecule has 142 valence electrons. The molecular weight excluding hydrogens is 388 g/mol. The van der Waals surface area contributed by atoms with Gasteiger partial charge in [-0.25, -0.2) is 23.4 Å². The van der Waals surface area contributed by atoms with Gasteiger partial charge in [0.2, 0.25) is 21.8 Å². The van der Waals surface area contributed by atoms with E-state index in [0.29, 0.717) is 37.7 Å². The number of hydrogen-bond donors (Lipinski definition) is 0. The normalized spacial score (nSPS) is 16.5. The van der Waals surface area contributed by atoms with Crippen molar-refractivity contribution in [1.29, 1.82) is 0 Å². The first-order valence-corrected chi connectivity index (χ1v) is 10.7. The number of piperidine rings is 1. The van der Waals surface area contributed by atoms with Gasteiger partial charge in [0.1, 0.15) is 22.0 Å². The van der Waals surface area contributed by atoms with E-state index in [9.17, 15) is 8.42 Å². The fraction of sp³-hybridized carbons (Fsp3) is 0.353. The highest BCUT2D eigenvalue weighted by atomic mass is 32.2. The molecule has 1 fully saturated rings. The van der Waals surface area contributed by atoms with Gasteiger partial charge in [0.05, 0.1) is 18.8 Å². The smallest absolute Gasteiger partial charge is 0.244 e. The summed E-state index contributed by atoms with van der Waals surface area (Å²) in [7, 11) is -2.08. The number of rotatable bonds is 5. The van der Waals surface area contributed by atoms with Gasteiger partial charge in [-0.2, -0.15) is 4.31 Å². The molecule has 0 saturated carbocycles. The maximum Gasteiger partial charge on any atom is 0.244 e. The zero-order valence-electron chi connectivity index (χ0n) is 14.6. The van der Waals surface area contributed by atoms with Crippen molar-refractivity contribution in [3.8, 4) is 11.8 Å². The molecule has 27 heavy (non-hydrogen) atoms. The number of nitrogens with zero attached hydrogens (tertiary/aromatic N) is 4. The van der Waals surface area contributed by atoms with Crippen molar-refractivity contribution in [2.45, 2.75) is 23.8 Å². The van der Waals surface area contributed by atoms with E-state index in [0.717, 1.165) is 10.2 Å². The molecule has 0 amide bonds. The Kier molecular flexibility index (Phi) is 4.94. The molecule has 1 saturated heterocycles. The number of fused-ring (bicyclic) bond motifs is 1. The summed E-state index contributed by atoms with van der Waals surface area (Å²) in [6.07, 6.45) is 3.93. The van der Waals surface area contributed by atoms with Crippen LogP contribution in [0.3, 0.4) is 0 Å². The zero-order chi connectivity index (χ0) is 18.9. The molecule has 0 aromatic carbocycles. The predicted octanol–water partition coefficient (Wildman–Crippen LogP) is 2.33. The molecule has 0 aliphatic carbocycles. The Morgan fingerprint density at radius 1 is 1.15 bits per heavy atom. The Morgan fingerprint density at radius 3 is 2.67 bits per heavy atom. The van der Waals surface area contributed by atoms with Crippen LogP contribution in [0.1, 0.15) is 12.8 Å². The number of methoxy groups -OCH3 is 1. The molecule has 3 aromatic heterocycles. The lowest BCUT2D eigenvalue weighted by molar-refractivity contribution is 0.132. The van der Waals surface area contributed by atoms with E-state index in [1.165, 1.54) is 41.3 Å². The zero-order valence-corrected chi connectivity index (χ0v) is 16.2. The summed E-state index contributed by atoms with van der Waals surface area (Å²) in [5.41, 5.74) is 0.858. The third kappa shape index (κ3) is 3.60. The van der Waals surface area contributed by atoms with Gasteiger partial charge in [-0.1, -0.05) is 0 Å². The highest BCUT2D eigenvalue weighted by molar-refractivity contribution is 7.89. The second kappa shape index (κ2) is 7.37. The molecule has 3 aromatic rings. The second-order valence-electron chi connectivity index (χ2n) is 6.07. The molecular formula is C17H18N4O4S2. The van der Waals surface area contributed by atoms with Gasteiger partial charge in [-0.05, 0) is 30.4 Å². The minimum absolute atomic E-state index is 0.0781. The van der Waals surface area contributed by atoms with E-state index < -0.39 is 10.0 Å². The van der Waals surface area contributed by atoms with E-state index in [2.05, 4.69) is 15.0 Å². The Hall–Kier alpha value is -2.30. The van der Waals surface area contributed by atoms with Gasteiger partial charge in [0.15, 0.2) is 0 Å². The topological polar surface area (TPSA) is 94.5 Å². The number of aromatic nitrogens is 3. The Morgan fingerprint density at radius 2 is 1.96 bits per heavy atom. The monoisotopic (exact) mass is 406 g/mol. The number of pyridine rings is 1. The summed E-state index contributed by atoms with van der Waals surface area (Å²) >= 11 is 1.53. The summed E-state index contributed by atoms with van der Waals surface area (Å²) in [5.74, 6) is 0.946. The number of ether oxygens (including phenoxy) is 2. The fourth-order valence-electron chi connectivity index (χ4n) is 2.99. The van der Waals surface area contributed by atoms with Crippen LogP contribution in [0.15, 0.2) is 41.0 Å². The van der Waals surface area contributed by atoms with Crippen LogP contribution >= 0.6 is 11.3 Å². The van der Waals surface area contributed by atoms with Crippen LogP contribution in [-0.2, 0) is 10.0 Å². The Bertz CT molecular complexity index is 1030. The van der Waals surface area contributed by atoms with Gasteiger partial charge < -0.3 is 9.47 Å². The molecule has 10 heteroatoms. The molecule has 0 bridgehead atoms. The minimum atomic E-state index is -3.57. The summed E-state index contributed by atoms with van der Waals surface area (Å²) in [6, 6.07) is 4.98. The summed E-state index contributed by atoms with van der Waals surface area (Å²) < 4.78 is 38.9. The van der Waals surface area contributed by atoms with Crippen molar-refractivity contribution in [3.63, 3.8) is 0 Å². The first-order valence-electron chi connectivity index (χ1n) is 8.43. The molecule has 4 rings (SSSR count).